The number of benzene rings is 2. The van der Waals surface area contributed by atoms with Crippen molar-refractivity contribution in [3.8, 4) is 28.7 Å². The molecule has 0 bridgehead atoms. The smallest absolute Gasteiger partial charge is 0.387 e. The van der Waals surface area contributed by atoms with Crippen LogP contribution in [-0.4, -0.2) is 27.9 Å². The maximum absolute atomic E-state index is 12.5. The van der Waals surface area contributed by atoms with Gasteiger partial charge in [-0.2, -0.15) is 8.78 Å². The van der Waals surface area contributed by atoms with Gasteiger partial charge in [-0.05, 0) is 35.4 Å². The molecule has 0 aromatic heterocycles. The first kappa shape index (κ1) is 20.7. The van der Waals surface area contributed by atoms with Crippen LogP contribution in [0.4, 0.5) is 8.78 Å². The zero-order valence-corrected chi connectivity index (χ0v) is 15.7. The molecule has 2 aromatic rings. The van der Waals surface area contributed by atoms with Crippen molar-refractivity contribution in [2.75, 3.05) is 21.3 Å². The topological polar surface area (TPSA) is 72.2 Å². The van der Waals surface area contributed by atoms with Gasteiger partial charge in [0.15, 0.2) is 23.0 Å². The summed E-state index contributed by atoms with van der Waals surface area (Å²) >= 11 is 0.537. The molecule has 0 amide bonds. The van der Waals surface area contributed by atoms with Crippen LogP contribution >= 0.6 is 12.2 Å². The summed E-state index contributed by atoms with van der Waals surface area (Å²) < 4.78 is 50.3. The molecule has 0 heterocycles. The summed E-state index contributed by atoms with van der Waals surface area (Å²) in [5, 5.41) is 5.26. The summed E-state index contributed by atoms with van der Waals surface area (Å²) in [6, 6.07) is 8.08. The lowest BCUT2D eigenvalue weighted by Gasteiger charge is -2.13. The Morgan fingerprint density at radius 2 is 1.44 bits per heavy atom. The summed E-state index contributed by atoms with van der Waals surface area (Å²) in [6.07, 6.45) is 3.56. The Bertz CT molecular complexity index is 776. The number of alkyl halides is 2. The van der Waals surface area contributed by atoms with Gasteiger partial charge >= 0.3 is 6.61 Å². The highest BCUT2D eigenvalue weighted by atomic mass is 32.2. The molecule has 0 fully saturated rings. The molecule has 0 unspecified atom stereocenters. The lowest BCUT2D eigenvalue weighted by molar-refractivity contribution is -0.0506. The van der Waals surface area contributed by atoms with E-state index < -0.39 is 6.61 Å². The molecule has 0 aliphatic carbocycles. The van der Waals surface area contributed by atoms with E-state index in [1.807, 2.05) is 0 Å². The van der Waals surface area contributed by atoms with Crippen molar-refractivity contribution in [2.24, 2.45) is 5.14 Å². The Labute approximate surface area is 160 Å². The normalized spacial score (nSPS) is 10.9. The van der Waals surface area contributed by atoms with E-state index in [-0.39, 0.29) is 11.5 Å². The molecule has 2 aromatic carbocycles. The molecule has 2 rings (SSSR count). The molecule has 6 nitrogen and oxygen atoms in total. The lowest BCUT2D eigenvalue weighted by Crippen LogP contribution is -2.03. The van der Waals surface area contributed by atoms with Gasteiger partial charge in [-0.1, -0.05) is 18.2 Å². The first-order valence-electron chi connectivity index (χ1n) is 7.62. The number of nitrogens with two attached hydrogens (primary N) is 1. The lowest BCUT2D eigenvalue weighted by atomic mass is 10.1. The van der Waals surface area contributed by atoms with Crippen LogP contribution in [0.5, 0.6) is 28.7 Å². The van der Waals surface area contributed by atoms with Crippen LogP contribution in [0, 0.1) is 0 Å². The van der Waals surface area contributed by atoms with Crippen LogP contribution < -0.4 is 28.3 Å². The van der Waals surface area contributed by atoms with E-state index in [1.54, 1.807) is 30.4 Å². The fraction of sp³-hybridized carbons (Fsp3) is 0.222. The molecule has 0 saturated carbocycles. The van der Waals surface area contributed by atoms with E-state index >= 15 is 0 Å². The minimum Gasteiger partial charge on any atom is -0.493 e. The van der Waals surface area contributed by atoms with Crippen molar-refractivity contribution in [3.05, 3.63) is 41.5 Å². The summed E-state index contributed by atoms with van der Waals surface area (Å²) in [4.78, 5) is 0. The maximum atomic E-state index is 12.5. The quantitative estimate of drug-likeness (QED) is 0.381. The molecule has 9 heteroatoms. The Morgan fingerprint density at radius 1 is 0.852 bits per heavy atom. The number of rotatable bonds is 9. The SMILES string of the molecule is COc1cc(/C=C/c2ccc(OC(F)F)c(OSN)c2)cc(OC)c1OC. The summed E-state index contributed by atoms with van der Waals surface area (Å²) in [6.45, 7) is -2.96. The molecular weight excluding hydrogens is 380 g/mol. The van der Waals surface area contributed by atoms with Gasteiger partial charge in [-0.25, -0.2) is 5.14 Å². The van der Waals surface area contributed by atoms with Crippen molar-refractivity contribution in [1.82, 2.24) is 0 Å². The first-order chi connectivity index (χ1) is 13.0. The van der Waals surface area contributed by atoms with Gasteiger partial charge in [0.25, 0.3) is 0 Å². The molecule has 27 heavy (non-hydrogen) atoms. The number of halogens is 2. The third-order valence-electron chi connectivity index (χ3n) is 3.48. The van der Waals surface area contributed by atoms with E-state index in [4.69, 9.17) is 23.5 Å². The molecule has 0 saturated heterocycles. The fourth-order valence-corrected chi connectivity index (χ4v) is 2.56. The molecule has 0 atom stereocenters. The Kier molecular flexibility index (Phi) is 7.56. The number of hydrogen-bond acceptors (Lipinski definition) is 7. The minimum atomic E-state index is -2.96. The van der Waals surface area contributed by atoms with Crippen LogP contribution in [0.3, 0.4) is 0 Å². The predicted molar refractivity (Wildman–Crippen MR) is 101 cm³/mol. The van der Waals surface area contributed by atoms with Gasteiger partial charge in [-0.15, -0.1) is 0 Å². The number of ether oxygens (including phenoxy) is 4. The summed E-state index contributed by atoms with van der Waals surface area (Å²) in [7, 11) is 4.58. The Hall–Kier alpha value is -2.65. The first-order valence-corrected chi connectivity index (χ1v) is 8.43. The van der Waals surface area contributed by atoms with E-state index in [0.717, 1.165) is 5.56 Å². The fourth-order valence-electron chi connectivity index (χ4n) is 2.33. The second-order valence-electron chi connectivity index (χ2n) is 5.06. The van der Waals surface area contributed by atoms with Crippen molar-refractivity contribution in [1.29, 1.82) is 0 Å². The Balaban J connectivity index is 2.33. The predicted octanol–water partition coefficient (Wildman–Crippen LogP) is 4.38. The highest BCUT2D eigenvalue weighted by Crippen LogP contribution is 2.39. The minimum absolute atomic E-state index is 0.0924. The largest absolute Gasteiger partial charge is 0.493 e. The van der Waals surface area contributed by atoms with Crippen LogP contribution in [0.1, 0.15) is 11.1 Å². The summed E-state index contributed by atoms with van der Waals surface area (Å²) in [5.74, 6) is 1.51. The van der Waals surface area contributed by atoms with Crippen LogP contribution in [0.25, 0.3) is 12.2 Å². The van der Waals surface area contributed by atoms with Gasteiger partial charge in [0.2, 0.25) is 5.75 Å². The standard InChI is InChI=1S/C18H19F2NO5S/c1-22-15-9-12(10-16(23-2)17(15)24-3)5-4-11-6-7-13(25-18(19)20)14(8-11)26-27-21/h4-10,18H,21H2,1-3H3/b5-4+. The average molecular weight is 399 g/mol. The van der Waals surface area contributed by atoms with Gasteiger partial charge in [0.05, 0.1) is 21.3 Å². The molecule has 146 valence electrons. The van der Waals surface area contributed by atoms with Gasteiger partial charge in [0, 0.05) is 0 Å². The highest BCUT2D eigenvalue weighted by Gasteiger charge is 2.13. The maximum Gasteiger partial charge on any atom is 0.387 e. The third-order valence-corrected chi connectivity index (χ3v) is 3.75. The second kappa shape index (κ2) is 9.89. The highest BCUT2D eigenvalue weighted by molar-refractivity contribution is 7.92. The van der Waals surface area contributed by atoms with Gasteiger partial charge in [0.1, 0.15) is 12.2 Å². The zero-order valence-electron chi connectivity index (χ0n) is 14.9. The number of hydrogen-bond donors (Lipinski definition) is 1. The molecule has 0 aliphatic heterocycles. The molecule has 2 N–H and O–H groups in total. The monoisotopic (exact) mass is 399 g/mol. The van der Waals surface area contributed by atoms with E-state index in [9.17, 15) is 8.78 Å². The van der Waals surface area contributed by atoms with E-state index in [2.05, 4.69) is 4.74 Å². The molecule has 0 aliphatic rings. The Morgan fingerprint density at radius 3 is 1.96 bits per heavy atom. The zero-order chi connectivity index (χ0) is 19.8. The van der Waals surface area contributed by atoms with E-state index in [1.165, 1.54) is 33.5 Å². The third kappa shape index (κ3) is 5.41. The van der Waals surface area contributed by atoms with Crippen LogP contribution in [0.2, 0.25) is 0 Å². The van der Waals surface area contributed by atoms with Crippen molar-refractivity contribution in [2.45, 2.75) is 6.61 Å². The summed E-state index contributed by atoms with van der Waals surface area (Å²) in [5.41, 5.74) is 1.47. The van der Waals surface area contributed by atoms with Crippen LogP contribution in [0.15, 0.2) is 30.3 Å². The van der Waals surface area contributed by atoms with Crippen molar-refractivity contribution < 1.29 is 31.9 Å². The van der Waals surface area contributed by atoms with Gasteiger partial charge < -0.3 is 23.1 Å². The van der Waals surface area contributed by atoms with E-state index in [0.29, 0.717) is 35.0 Å². The van der Waals surface area contributed by atoms with Crippen molar-refractivity contribution >= 4 is 24.4 Å². The molecule has 0 radical (unpaired) electrons. The number of methoxy groups -OCH3 is 3. The molecular formula is C18H19F2NO5S. The van der Waals surface area contributed by atoms with Crippen molar-refractivity contribution in [3.63, 3.8) is 0 Å². The average Bonchev–Trinajstić information content (AvgIpc) is 2.66. The second-order valence-corrected chi connectivity index (χ2v) is 5.42. The van der Waals surface area contributed by atoms with Crippen LogP contribution in [-0.2, 0) is 0 Å². The van der Waals surface area contributed by atoms with Gasteiger partial charge in [-0.3, -0.25) is 0 Å². The molecule has 0 spiro atoms.